The molecule has 2 rings (SSSR count). The van der Waals surface area contributed by atoms with Crippen molar-refractivity contribution in [2.24, 2.45) is 0 Å². The molecule has 0 bridgehead atoms. The molecule has 0 amide bonds. The molecule has 0 N–H and O–H groups in total. The SMILES string of the molecule is CCn1cnc(Cl)c1[C@@H]1CO1. The fourth-order valence-corrected chi connectivity index (χ4v) is 1.42. The molecular formula is C7H9ClN2O. The molecule has 4 heteroatoms. The van der Waals surface area contributed by atoms with Crippen LogP contribution in [0.15, 0.2) is 6.33 Å². The van der Waals surface area contributed by atoms with E-state index < -0.39 is 0 Å². The number of epoxide rings is 1. The molecule has 0 aliphatic carbocycles. The van der Waals surface area contributed by atoms with Gasteiger partial charge in [0.2, 0.25) is 0 Å². The highest BCUT2D eigenvalue weighted by Crippen LogP contribution is 2.33. The fraction of sp³-hybridized carbons (Fsp3) is 0.571. The first-order valence-electron chi connectivity index (χ1n) is 3.65. The topological polar surface area (TPSA) is 30.4 Å². The van der Waals surface area contributed by atoms with Crippen LogP contribution in [0, 0.1) is 0 Å². The third-order valence-electron chi connectivity index (χ3n) is 1.81. The first kappa shape index (κ1) is 7.13. The summed E-state index contributed by atoms with van der Waals surface area (Å²) in [5, 5.41) is 0.578. The van der Waals surface area contributed by atoms with Gasteiger partial charge in [0.1, 0.15) is 6.10 Å². The first-order chi connectivity index (χ1) is 5.33. The van der Waals surface area contributed by atoms with Crippen molar-refractivity contribution in [1.29, 1.82) is 0 Å². The van der Waals surface area contributed by atoms with E-state index in [0.29, 0.717) is 5.15 Å². The van der Waals surface area contributed by atoms with Gasteiger partial charge in [-0.25, -0.2) is 4.98 Å². The van der Waals surface area contributed by atoms with Crippen LogP contribution in [0.25, 0.3) is 0 Å². The van der Waals surface area contributed by atoms with Gasteiger partial charge >= 0.3 is 0 Å². The van der Waals surface area contributed by atoms with Crippen LogP contribution in [0.4, 0.5) is 0 Å². The van der Waals surface area contributed by atoms with Crippen LogP contribution < -0.4 is 0 Å². The highest BCUT2D eigenvalue weighted by molar-refractivity contribution is 6.30. The van der Waals surface area contributed by atoms with E-state index in [0.717, 1.165) is 18.8 Å². The van der Waals surface area contributed by atoms with Crippen molar-refractivity contribution in [3.63, 3.8) is 0 Å². The van der Waals surface area contributed by atoms with Crippen molar-refractivity contribution in [3.05, 3.63) is 17.2 Å². The highest BCUT2D eigenvalue weighted by atomic mass is 35.5. The van der Waals surface area contributed by atoms with E-state index >= 15 is 0 Å². The zero-order valence-electron chi connectivity index (χ0n) is 6.25. The van der Waals surface area contributed by atoms with Gasteiger partial charge in [0, 0.05) is 6.54 Å². The third-order valence-corrected chi connectivity index (χ3v) is 2.10. The first-order valence-corrected chi connectivity index (χ1v) is 4.03. The molecule has 60 valence electrons. The molecule has 0 spiro atoms. The summed E-state index contributed by atoms with van der Waals surface area (Å²) < 4.78 is 7.14. The Hall–Kier alpha value is -0.540. The lowest BCUT2D eigenvalue weighted by Gasteiger charge is -2.00. The summed E-state index contributed by atoms with van der Waals surface area (Å²) in [7, 11) is 0. The van der Waals surface area contributed by atoms with Gasteiger partial charge in [-0.05, 0) is 6.92 Å². The van der Waals surface area contributed by atoms with Gasteiger partial charge in [0.15, 0.2) is 5.15 Å². The molecule has 0 aromatic carbocycles. The van der Waals surface area contributed by atoms with Crippen LogP contribution in [0.2, 0.25) is 5.15 Å². The number of rotatable bonds is 2. The zero-order chi connectivity index (χ0) is 7.84. The van der Waals surface area contributed by atoms with Crippen LogP contribution in [0.3, 0.4) is 0 Å². The Labute approximate surface area is 69.9 Å². The lowest BCUT2D eigenvalue weighted by atomic mass is 10.3. The Balaban J connectivity index is 2.38. The summed E-state index contributed by atoms with van der Waals surface area (Å²) in [4.78, 5) is 4.00. The number of halogens is 1. The van der Waals surface area contributed by atoms with Gasteiger partial charge in [-0.2, -0.15) is 0 Å². The normalized spacial score (nSPS) is 22.2. The van der Waals surface area contributed by atoms with Gasteiger partial charge in [-0.1, -0.05) is 11.6 Å². The lowest BCUT2D eigenvalue weighted by molar-refractivity contribution is 0.404. The van der Waals surface area contributed by atoms with Gasteiger partial charge in [-0.3, -0.25) is 0 Å². The fourth-order valence-electron chi connectivity index (χ4n) is 1.14. The number of aryl methyl sites for hydroxylation is 1. The van der Waals surface area contributed by atoms with E-state index in [1.807, 2.05) is 4.57 Å². The monoisotopic (exact) mass is 172 g/mol. The molecule has 1 fully saturated rings. The maximum atomic E-state index is 5.85. The number of hydrogen-bond acceptors (Lipinski definition) is 2. The van der Waals surface area contributed by atoms with Gasteiger partial charge in [0.25, 0.3) is 0 Å². The molecule has 2 heterocycles. The van der Waals surface area contributed by atoms with Crippen molar-refractivity contribution in [1.82, 2.24) is 9.55 Å². The molecule has 11 heavy (non-hydrogen) atoms. The predicted molar refractivity (Wildman–Crippen MR) is 41.6 cm³/mol. The smallest absolute Gasteiger partial charge is 0.153 e. The Morgan fingerprint density at radius 2 is 2.64 bits per heavy atom. The maximum absolute atomic E-state index is 5.85. The van der Waals surface area contributed by atoms with Gasteiger partial charge in [0.05, 0.1) is 18.6 Å². The van der Waals surface area contributed by atoms with Crippen molar-refractivity contribution < 1.29 is 4.74 Å². The quantitative estimate of drug-likeness (QED) is 0.635. The third kappa shape index (κ3) is 1.14. The second kappa shape index (κ2) is 2.50. The Bertz CT molecular complexity index is 267. The number of imidazole rings is 1. The molecule has 0 unspecified atom stereocenters. The van der Waals surface area contributed by atoms with Crippen LogP contribution in [0.1, 0.15) is 18.7 Å². The Morgan fingerprint density at radius 1 is 1.91 bits per heavy atom. The molecule has 3 nitrogen and oxygen atoms in total. The van der Waals surface area contributed by atoms with Crippen molar-refractivity contribution in [3.8, 4) is 0 Å². The molecule has 1 aliphatic rings. The molecule has 1 saturated heterocycles. The molecule has 0 radical (unpaired) electrons. The molecule has 0 saturated carbocycles. The maximum Gasteiger partial charge on any atom is 0.153 e. The average molecular weight is 173 g/mol. The standard InChI is InChI=1S/C7H9ClN2O/c1-2-10-4-9-7(8)6(10)5-3-11-5/h4-5H,2-3H2,1H3/t5-/m0/s1. The van der Waals surface area contributed by atoms with Crippen LogP contribution >= 0.6 is 11.6 Å². The molecular weight excluding hydrogens is 164 g/mol. The van der Waals surface area contributed by atoms with Gasteiger partial charge < -0.3 is 9.30 Å². The highest BCUT2D eigenvalue weighted by Gasteiger charge is 2.30. The van der Waals surface area contributed by atoms with E-state index in [9.17, 15) is 0 Å². The predicted octanol–water partition coefficient (Wildman–Crippen LogP) is 1.63. The summed E-state index contributed by atoms with van der Waals surface area (Å²) in [6.45, 7) is 3.74. The summed E-state index contributed by atoms with van der Waals surface area (Å²) in [5.74, 6) is 0. The lowest BCUT2D eigenvalue weighted by Crippen LogP contribution is -1.97. The van der Waals surface area contributed by atoms with E-state index in [4.69, 9.17) is 16.3 Å². The number of nitrogens with zero attached hydrogens (tertiary/aromatic N) is 2. The van der Waals surface area contributed by atoms with E-state index in [-0.39, 0.29) is 6.10 Å². The van der Waals surface area contributed by atoms with E-state index in [2.05, 4.69) is 11.9 Å². The molecule has 1 aromatic rings. The second-order valence-electron chi connectivity index (χ2n) is 2.53. The van der Waals surface area contributed by atoms with Crippen molar-refractivity contribution in [2.75, 3.05) is 6.61 Å². The molecule has 1 atom stereocenters. The second-order valence-corrected chi connectivity index (χ2v) is 2.89. The zero-order valence-corrected chi connectivity index (χ0v) is 7.01. The van der Waals surface area contributed by atoms with Crippen LogP contribution in [-0.4, -0.2) is 16.2 Å². The largest absolute Gasteiger partial charge is 0.366 e. The Kier molecular flexibility index (Phi) is 1.62. The molecule has 1 aliphatic heterocycles. The van der Waals surface area contributed by atoms with E-state index in [1.54, 1.807) is 6.33 Å². The van der Waals surface area contributed by atoms with E-state index in [1.165, 1.54) is 0 Å². The van der Waals surface area contributed by atoms with Crippen LogP contribution in [-0.2, 0) is 11.3 Å². The summed E-state index contributed by atoms with van der Waals surface area (Å²) >= 11 is 5.85. The number of hydrogen-bond donors (Lipinski definition) is 0. The summed E-state index contributed by atoms with van der Waals surface area (Å²) in [5.41, 5.74) is 1.02. The minimum Gasteiger partial charge on any atom is -0.366 e. The van der Waals surface area contributed by atoms with Crippen molar-refractivity contribution >= 4 is 11.6 Å². The average Bonchev–Trinajstić information content (AvgIpc) is 2.76. The number of ether oxygens (including phenoxy) is 1. The summed E-state index contributed by atoms with van der Waals surface area (Å²) in [6.07, 6.45) is 1.95. The van der Waals surface area contributed by atoms with Gasteiger partial charge in [-0.15, -0.1) is 0 Å². The number of aromatic nitrogens is 2. The minimum absolute atomic E-state index is 0.199. The Morgan fingerprint density at radius 3 is 3.18 bits per heavy atom. The van der Waals surface area contributed by atoms with Crippen LogP contribution in [0.5, 0.6) is 0 Å². The summed E-state index contributed by atoms with van der Waals surface area (Å²) in [6, 6.07) is 0. The minimum atomic E-state index is 0.199. The van der Waals surface area contributed by atoms with Crippen molar-refractivity contribution in [2.45, 2.75) is 19.6 Å². The molecule has 1 aromatic heterocycles.